The molecular formula is C16H12BrClN2O2S. The second-order valence-electron chi connectivity index (χ2n) is 5.01. The molecule has 3 aromatic rings. The molecular weight excluding hydrogens is 400 g/mol. The predicted octanol–water partition coefficient (Wildman–Crippen LogP) is 5.62. The lowest BCUT2D eigenvalue weighted by atomic mass is 10.1. The molecule has 0 spiro atoms. The van der Waals surface area contributed by atoms with Gasteiger partial charge in [-0.05, 0) is 76.8 Å². The van der Waals surface area contributed by atoms with Gasteiger partial charge < -0.3 is 9.52 Å². The number of thiophene rings is 1. The van der Waals surface area contributed by atoms with E-state index >= 15 is 0 Å². The summed E-state index contributed by atoms with van der Waals surface area (Å²) in [5.41, 5.74) is 2.44. The Morgan fingerprint density at radius 2 is 1.96 bits per heavy atom. The number of nitrogens with zero attached hydrogens (tertiary/aromatic N) is 2. The van der Waals surface area contributed by atoms with Crippen molar-refractivity contribution in [3.63, 3.8) is 0 Å². The molecule has 1 N–H and O–H groups in total. The summed E-state index contributed by atoms with van der Waals surface area (Å²) in [4.78, 5) is 0.872. The molecule has 0 fully saturated rings. The molecule has 2 aromatic heterocycles. The van der Waals surface area contributed by atoms with E-state index in [1.54, 1.807) is 6.08 Å². The first kappa shape index (κ1) is 16.2. The van der Waals surface area contributed by atoms with Gasteiger partial charge in [0.1, 0.15) is 10.8 Å². The highest BCUT2D eigenvalue weighted by Gasteiger charge is 2.13. The van der Waals surface area contributed by atoms with Crippen LogP contribution in [0.5, 0.6) is 5.75 Å². The van der Waals surface area contributed by atoms with Crippen molar-refractivity contribution in [2.75, 3.05) is 0 Å². The lowest BCUT2D eigenvalue weighted by Crippen LogP contribution is -1.84. The van der Waals surface area contributed by atoms with E-state index in [0.717, 1.165) is 25.4 Å². The van der Waals surface area contributed by atoms with Crippen LogP contribution < -0.4 is 0 Å². The monoisotopic (exact) mass is 410 g/mol. The fourth-order valence-electron chi connectivity index (χ4n) is 2.13. The van der Waals surface area contributed by atoms with Gasteiger partial charge in [-0.15, -0.1) is 21.5 Å². The van der Waals surface area contributed by atoms with Crippen LogP contribution in [0.25, 0.3) is 21.9 Å². The summed E-state index contributed by atoms with van der Waals surface area (Å²) in [5, 5.41) is 18.2. The van der Waals surface area contributed by atoms with Gasteiger partial charge in [0.05, 0.1) is 8.66 Å². The number of hydrogen-bond donors (Lipinski definition) is 1. The Labute approximate surface area is 150 Å². The van der Waals surface area contributed by atoms with Gasteiger partial charge in [0.25, 0.3) is 11.8 Å². The van der Waals surface area contributed by atoms with Gasteiger partial charge in [-0.1, -0.05) is 11.6 Å². The van der Waals surface area contributed by atoms with Gasteiger partial charge in [0.2, 0.25) is 0 Å². The zero-order valence-corrected chi connectivity index (χ0v) is 15.5. The highest BCUT2D eigenvalue weighted by molar-refractivity contribution is 9.11. The first-order chi connectivity index (χ1) is 10.9. The molecule has 0 aliphatic rings. The molecule has 118 valence electrons. The number of hydrogen-bond acceptors (Lipinski definition) is 5. The molecule has 0 saturated heterocycles. The minimum absolute atomic E-state index is 0.259. The predicted molar refractivity (Wildman–Crippen MR) is 96.6 cm³/mol. The van der Waals surface area contributed by atoms with E-state index in [1.165, 1.54) is 11.3 Å². The first-order valence-corrected chi connectivity index (χ1v) is 8.70. The highest BCUT2D eigenvalue weighted by Crippen LogP contribution is 2.32. The molecule has 3 rings (SSSR count). The summed E-state index contributed by atoms with van der Waals surface area (Å²) in [7, 11) is 0. The van der Waals surface area contributed by atoms with Crippen LogP contribution in [0, 0.1) is 13.8 Å². The fourth-order valence-corrected chi connectivity index (χ4v) is 3.64. The number of rotatable bonds is 3. The van der Waals surface area contributed by atoms with Crippen molar-refractivity contribution in [3.8, 4) is 16.5 Å². The van der Waals surface area contributed by atoms with E-state index in [0.29, 0.717) is 16.7 Å². The third-order valence-corrected chi connectivity index (χ3v) is 5.10. The van der Waals surface area contributed by atoms with Crippen LogP contribution in [0.4, 0.5) is 0 Å². The topological polar surface area (TPSA) is 59.2 Å². The molecule has 0 radical (unpaired) electrons. The number of phenolic OH excluding ortho intramolecular Hbond substituents is 1. The van der Waals surface area contributed by atoms with Crippen molar-refractivity contribution in [1.29, 1.82) is 0 Å². The van der Waals surface area contributed by atoms with Crippen LogP contribution in [-0.4, -0.2) is 15.3 Å². The highest BCUT2D eigenvalue weighted by atomic mass is 79.9. The van der Waals surface area contributed by atoms with Crippen molar-refractivity contribution in [2.45, 2.75) is 13.8 Å². The van der Waals surface area contributed by atoms with Crippen LogP contribution in [0.1, 0.15) is 22.6 Å². The Bertz CT molecular complexity index is 878. The smallest absolute Gasteiger partial charge is 0.259 e. The molecule has 2 heterocycles. The van der Waals surface area contributed by atoms with E-state index in [2.05, 4.69) is 26.1 Å². The van der Waals surface area contributed by atoms with Crippen molar-refractivity contribution in [2.24, 2.45) is 0 Å². The number of aromatic nitrogens is 2. The molecule has 0 amide bonds. The second kappa shape index (κ2) is 6.47. The SMILES string of the molecule is Cc1cc(/C=C(\Cl)c2nnc(-c3ccc(Br)s3)o2)cc(C)c1O. The van der Waals surface area contributed by atoms with Gasteiger partial charge >= 0.3 is 0 Å². The zero-order valence-electron chi connectivity index (χ0n) is 12.3. The molecule has 23 heavy (non-hydrogen) atoms. The van der Waals surface area contributed by atoms with Crippen LogP contribution in [0.15, 0.2) is 32.5 Å². The molecule has 0 aliphatic carbocycles. The number of aromatic hydroxyl groups is 1. The maximum atomic E-state index is 9.82. The maximum Gasteiger partial charge on any atom is 0.259 e. The first-order valence-electron chi connectivity index (χ1n) is 6.71. The van der Waals surface area contributed by atoms with Crippen molar-refractivity contribution >= 4 is 50.0 Å². The van der Waals surface area contributed by atoms with Crippen molar-refractivity contribution in [3.05, 3.63) is 50.6 Å². The van der Waals surface area contributed by atoms with Crippen LogP contribution in [0.3, 0.4) is 0 Å². The van der Waals surface area contributed by atoms with Gasteiger partial charge in [-0.2, -0.15) is 0 Å². The maximum absolute atomic E-state index is 9.82. The molecule has 0 bridgehead atoms. The Morgan fingerprint density at radius 3 is 2.57 bits per heavy atom. The third kappa shape index (κ3) is 3.49. The normalized spacial score (nSPS) is 11.9. The lowest BCUT2D eigenvalue weighted by molar-refractivity contribution is 0.467. The summed E-state index contributed by atoms with van der Waals surface area (Å²) in [6.07, 6.45) is 1.74. The van der Waals surface area contributed by atoms with Crippen LogP contribution in [-0.2, 0) is 0 Å². The Balaban J connectivity index is 1.91. The molecule has 4 nitrogen and oxygen atoms in total. The summed E-state index contributed by atoms with van der Waals surface area (Å²) in [6.45, 7) is 3.68. The average molecular weight is 412 g/mol. The second-order valence-corrected chi connectivity index (χ2v) is 7.88. The van der Waals surface area contributed by atoms with E-state index in [9.17, 15) is 5.11 Å². The number of benzene rings is 1. The van der Waals surface area contributed by atoms with Gasteiger partial charge in [0.15, 0.2) is 0 Å². The Morgan fingerprint density at radius 1 is 1.26 bits per heavy atom. The summed E-state index contributed by atoms with van der Waals surface area (Å²) in [5.74, 6) is 0.983. The van der Waals surface area contributed by atoms with Gasteiger partial charge in [-0.25, -0.2) is 0 Å². The fraction of sp³-hybridized carbons (Fsp3) is 0.125. The number of phenols is 1. The summed E-state index contributed by atoms with van der Waals surface area (Å²) in [6, 6.07) is 7.51. The van der Waals surface area contributed by atoms with E-state index < -0.39 is 0 Å². The summed E-state index contributed by atoms with van der Waals surface area (Å²) >= 11 is 11.2. The quantitative estimate of drug-likeness (QED) is 0.607. The standard InChI is InChI=1S/C16H12BrClN2O2S/c1-8-5-10(6-9(2)14(8)21)7-11(18)15-19-20-16(22-15)12-3-4-13(17)23-12/h3-7,21H,1-2H3/b11-7-. The lowest BCUT2D eigenvalue weighted by Gasteiger charge is -2.04. The van der Waals surface area contributed by atoms with E-state index in [4.69, 9.17) is 16.0 Å². The van der Waals surface area contributed by atoms with Gasteiger partial charge in [-0.3, -0.25) is 0 Å². The largest absolute Gasteiger partial charge is 0.507 e. The molecule has 0 saturated carbocycles. The number of halogens is 2. The Kier molecular flexibility index (Phi) is 4.57. The van der Waals surface area contributed by atoms with Gasteiger partial charge in [0, 0.05) is 0 Å². The minimum Gasteiger partial charge on any atom is -0.507 e. The summed E-state index contributed by atoms with van der Waals surface area (Å²) < 4.78 is 6.61. The van der Waals surface area contributed by atoms with Crippen LogP contribution in [0.2, 0.25) is 0 Å². The van der Waals surface area contributed by atoms with Crippen molar-refractivity contribution < 1.29 is 9.52 Å². The molecule has 1 aromatic carbocycles. The number of aryl methyl sites for hydroxylation is 2. The van der Waals surface area contributed by atoms with Crippen LogP contribution >= 0.6 is 38.9 Å². The minimum atomic E-state index is 0.259. The van der Waals surface area contributed by atoms with E-state index in [1.807, 2.05) is 38.1 Å². The molecule has 0 unspecified atom stereocenters. The average Bonchev–Trinajstić information content (AvgIpc) is 3.13. The van der Waals surface area contributed by atoms with E-state index in [-0.39, 0.29) is 5.89 Å². The Hall–Kier alpha value is -1.63. The zero-order chi connectivity index (χ0) is 16.6. The molecule has 0 aliphatic heterocycles. The van der Waals surface area contributed by atoms with Crippen molar-refractivity contribution in [1.82, 2.24) is 10.2 Å². The molecule has 7 heteroatoms. The molecule has 0 atom stereocenters. The third-order valence-electron chi connectivity index (χ3n) is 3.22.